The summed E-state index contributed by atoms with van der Waals surface area (Å²) in [6.45, 7) is 2.20. The zero-order chi connectivity index (χ0) is 21.2. The van der Waals surface area contributed by atoms with Gasteiger partial charge in [0.25, 0.3) is 0 Å². The van der Waals surface area contributed by atoms with E-state index < -0.39 is 61.3 Å². The molecule has 158 valence electrons. The normalized spacial score (nSPS) is 32.0. The molecule has 0 radical (unpaired) electrons. The van der Waals surface area contributed by atoms with Crippen LogP contribution in [0, 0.1) is 5.41 Å². The molecular weight excluding hydrogens is 395 g/mol. The van der Waals surface area contributed by atoms with E-state index in [9.17, 15) is 30.7 Å². The number of halogens is 7. The fourth-order valence-electron chi connectivity index (χ4n) is 3.21. The van der Waals surface area contributed by atoms with Crippen molar-refractivity contribution in [3.8, 4) is 0 Å². The average molecular weight is 415 g/mol. The lowest BCUT2D eigenvalue weighted by atomic mass is 9.91. The predicted octanol–water partition coefficient (Wildman–Crippen LogP) is 3.42. The topological polar surface area (TPSA) is 43.6 Å². The molecule has 0 amide bonds. The number of fused-ring (bicyclic) bond motifs is 1. The quantitative estimate of drug-likeness (QED) is 0.663. The lowest BCUT2D eigenvalue weighted by Crippen LogP contribution is -2.58. The van der Waals surface area contributed by atoms with Crippen LogP contribution < -0.4 is 0 Å². The third-order valence-corrected chi connectivity index (χ3v) is 4.84. The number of aliphatic imine (C=N–C) groups is 3. The molecular formula is C16H20F7N5. The van der Waals surface area contributed by atoms with Gasteiger partial charge in [0.1, 0.15) is 6.17 Å². The second-order valence-corrected chi connectivity index (χ2v) is 8.26. The minimum atomic E-state index is -4.46. The van der Waals surface area contributed by atoms with Crippen LogP contribution in [0.2, 0.25) is 0 Å². The van der Waals surface area contributed by atoms with E-state index in [0.717, 1.165) is 22.4 Å². The third kappa shape index (κ3) is 3.50. The van der Waals surface area contributed by atoms with Gasteiger partial charge in [0.05, 0.1) is 32.1 Å². The summed E-state index contributed by atoms with van der Waals surface area (Å²) in [6, 6.07) is 0. The van der Waals surface area contributed by atoms with Crippen LogP contribution in [0.4, 0.5) is 30.7 Å². The molecule has 3 aliphatic rings. The molecule has 0 bridgehead atoms. The largest absolute Gasteiger partial charge is 0.390 e. The van der Waals surface area contributed by atoms with Gasteiger partial charge in [-0.2, -0.15) is 30.7 Å². The fraction of sp³-hybridized carbons (Fsp3) is 0.812. The van der Waals surface area contributed by atoms with Crippen LogP contribution >= 0.6 is 0 Å². The summed E-state index contributed by atoms with van der Waals surface area (Å²) in [5.74, 6) is -8.69. The molecule has 1 fully saturated rings. The van der Waals surface area contributed by atoms with Crippen LogP contribution in [0.15, 0.2) is 15.0 Å². The van der Waals surface area contributed by atoms with E-state index in [1.165, 1.54) is 0 Å². The van der Waals surface area contributed by atoms with E-state index in [2.05, 4.69) is 15.0 Å². The molecule has 3 rings (SSSR count). The molecule has 28 heavy (non-hydrogen) atoms. The van der Waals surface area contributed by atoms with Gasteiger partial charge in [-0.15, -0.1) is 0 Å². The van der Waals surface area contributed by atoms with Crippen molar-refractivity contribution >= 4 is 18.4 Å². The first-order valence-corrected chi connectivity index (χ1v) is 8.59. The number of nitrogens with zero attached hydrogens (tertiary/aromatic N) is 5. The highest BCUT2D eigenvalue weighted by atomic mass is 19.4. The van der Waals surface area contributed by atoms with Crippen molar-refractivity contribution in [2.75, 3.05) is 19.6 Å². The molecule has 0 spiro atoms. The number of alkyl halides is 7. The summed E-state index contributed by atoms with van der Waals surface area (Å²) in [6.07, 6.45) is -4.20. The maximum atomic E-state index is 13.8. The van der Waals surface area contributed by atoms with E-state index in [4.69, 9.17) is 0 Å². The van der Waals surface area contributed by atoms with E-state index in [1.807, 2.05) is 0 Å². The Bertz CT molecular complexity index is 706. The monoisotopic (exact) mass is 415 g/mol. The Morgan fingerprint density at radius 1 is 1.07 bits per heavy atom. The van der Waals surface area contributed by atoms with Crippen LogP contribution in [0.3, 0.4) is 0 Å². The molecule has 0 aromatic carbocycles. The van der Waals surface area contributed by atoms with Gasteiger partial charge in [0, 0.05) is 12.0 Å². The zero-order valence-electron chi connectivity index (χ0n) is 15.4. The van der Waals surface area contributed by atoms with E-state index >= 15 is 0 Å². The zero-order valence-corrected chi connectivity index (χ0v) is 15.4. The highest BCUT2D eigenvalue weighted by molar-refractivity contribution is 6.15. The maximum absolute atomic E-state index is 13.8. The Morgan fingerprint density at radius 2 is 1.64 bits per heavy atom. The SMILES string of the molecule is CC(C)(C)C1N=CC2(N3CC(F)(F)C(F)(F)C3)N=CN(CCC(F)(F)F)C2=N1. The lowest BCUT2D eigenvalue weighted by molar-refractivity contribution is -0.172. The smallest absolute Gasteiger partial charge is 0.317 e. The first-order valence-electron chi connectivity index (χ1n) is 8.59. The van der Waals surface area contributed by atoms with Crippen LogP contribution in [0.1, 0.15) is 27.2 Å². The summed E-state index contributed by atoms with van der Waals surface area (Å²) in [7, 11) is 0. The van der Waals surface area contributed by atoms with Crippen LogP contribution in [-0.4, -0.2) is 77.7 Å². The van der Waals surface area contributed by atoms with Gasteiger partial charge >= 0.3 is 18.0 Å². The van der Waals surface area contributed by atoms with Crippen molar-refractivity contribution < 1.29 is 30.7 Å². The standard InChI is InChI=1S/C16H20F7N5/c1-12(2,3)10-24-6-13(28-7-14(17,18)15(19,20)8-28)11(26-10)27(9-25-13)5-4-16(21,22)23/h6,9-10H,4-5,7-8H2,1-3H3. The summed E-state index contributed by atoms with van der Waals surface area (Å²) in [4.78, 5) is 14.3. The van der Waals surface area contributed by atoms with Crippen molar-refractivity contribution in [2.24, 2.45) is 20.4 Å². The predicted molar refractivity (Wildman–Crippen MR) is 89.2 cm³/mol. The molecule has 1 saturated heterocycles. The Hall–Kier alpha value is -1.72. The van der Waals surface area contributed by atoms with Crippen molar-refractivity contribution in [1.29, 1.82) is 0 Å². The maximum Gasteiger partial charge on any atom is 0.390 e. The highest BCUT2D eigenvalue weighted by Gasteiger charge is 2.67. The summed E-state index contributed by atoms with van der Waals surface area (Å²) in [5.41, 5.74) is -2.39. The average Bonchev–Trinajstić information content (AvgIpc) is 2.99. The Labute approximate surface area is 157 Å². The fourth-order valence-corrected chi connectivity index (χ4v) is 3.21. The Balaban J connectivity index is 1.96. The summed E-state index contributed by atoms with van der Waals surface area (Å²) >= 11 is 0. The van der Waals surface area contributed by atoms with Crippen molar-refractivity contribution in [3.05, 3.63) is 0 Å². The Morgan fingerprint density at radius 3 is 2.14 bits per heavy atom. The number of amidine groups is 1. The van der Waals surface area contributed by atoms with Crippen LogP contribution in [0.5, 0.6) is 0 Å². The second kappa shape index (κ2) is 6.14. The molecule has 2 unspecified atom stereocenters. The van der Waals surface area contributed by atoms with E-state index in [-0.39, 0.29) is 5.84 Å². The molecule has 0 aliphatic carbocycles. The molecule has 0 aromatic rings. The Kier molecular flexibility index (Phi) is 4.60. The third-order valence-electron chi connectivity index (χ3n) is 4.84. The number of rotatable bonds is 3. The summed E-state index contributed by atoms with van der Waals surface area (Å²) < 4.78 is 93.0. The molecule has 2 atom stereocenters. The van der Waals surface area contributed by atoms with Gasteiger partial charge in [0.15, 0.2) is 5.84 Å². The van der Waals surface area contributed by atoms with Gasteiger partial charge in [-0.1, -0.05) is 20.8 Å². The molecule has 3 heterocycles. The summed E-state index contributed by atoms with van der Waals surface area (Å²) in [5, 5.41) is 0. The van der Waals surface area contributed by atoms with E-state index in [1.54, 1.807) is 20.8 Å². The van der Waals surface area contributed by atoms with Crippen molar-refractivity contribution in [2.45, 2.75) is 57.0 Å². The molecule has 0 aromatic heterocycles. The first kappa shape index (κ1) is 21.0. The molecule has 5 nitrogen and oxygen atoms in total. The molecule has 0 N–H and O–H groups in total. The van der Waals surface area contributed by atoms with Gasteiger partial charge < -0.3 is 4.90 Å². The van der Waals surface area contributed by atoms with Gasteiger partial charge in [-0.25, -0.2) is 9.98 Å². The molecule has 0 saturated carbocycles. The van der Waals surface area contributed by atoms with Gasteiger partial charge in [-0.3, -0.25) is 9.89 Å². The van der Waals surface area contributed by atoms with Gasteiger partial charge in [0.2, 0.25) is 5.66 Å². The van der Waals surface area contributed by atoms with Crippen LogP contribution in [0.25, 0.3) is 0 Å². The molecule has 12 heteroatoms. The number of likely N-dealkylation sites (tertiary alicyclic amines) is 1. The van der Waals surface area contributed by atoms with Crippen molar-refractivity contribution in [3.63, 3.8) is 0 Å². The molecule has 3 aliphatic heterocycles. The number of hydrogen-bond donors (Lipinski definition) is 0. The van der Waals surface area contributed by atoms with Gasteiger partial charge in [-0.05, 0) is 0 Å². The van der Waals surface area contributed by atoms with Crippen LogP contribution in [-0.2, 0) is 0 Å². The minimum Gasteiger partial charge on any atom is -0.317 e. The minimum absolute atomic E-state index is 0.0971. The van der Waals surface area contributed by atoms with E-state index in [0.29, 0.717) is 0 Å². The lowest BCUT2D eigenvalue weighted by Gasteiger charge is -2.39. The highest BCUT2D eigenvalue weighted by Crippen LogP contribution is 2.45. The first-order chi connectivity index (χ1) is 12.6. The second-order valence-electron chi connectivity index (χ2n) is 8.26. The van der Waals surface area contributed by atoms with Crippen molar-refractivity contribution in [1.82, 2.24) is 9.80 Å². The number of hydrogen-bond acceptors (Lipinski definition) is 5.